The molecular weight excluding hydrogens is 895 g/mol. The van der Waals surface area contributed by atoms with E-state index in [1.165, 1.54) is 308 Å². The van der Waals surface area contributed by atoms with Gasteiger partial charge in [-0.15, -0.1) is 0 Å². The quantitative estimate of drug-likeness (QED) is 0.0361. The third kappa shape index (κ3) is 59.7. The summed E-state index contributed by atoms with van der Waals surface area (Å²) < 4.78 is 0. The molecule has 5 heteroatoms. The van der Waals surface area contributed by atoms with E-state index >= 15 is 0 Å². The number of aliphatic hydroxyl groups is 3. The highest BCUT2D eigenvalue weighted by Crippen LogP contribution is 2.18. The lowest BCUT2D eigenvalue weighted by molar-refractivity contribution is -0.124. The third-order valence-corrected chi connectivity index (χ3v) is 15.7. The highest BCUT2D eigenvalue weighted by atomic mass is 16.3. The molecule has 0 radical (unpaired) electrons. The Kier molecular flexibility index (Phi) is 61.9. The van der Waals surface area contributed by atoms with E-state index < -0.39 is 18.2 Å². The number of aliphatic hydroxyl groups excluding tert-OH is 3. The molecule has 0 aromatic heterocycles. The second-order valence-electron chi connectivity index (χ2n) is 23.1. The summed E-state index contributed by atoms with van der Waals surface area (Å²) in [6.45, 7) is 4.26. The number of allylic oxidation sites excluding steroid dienone is 5. The Morgan fingerprint density at radius 3 is 0.904 bits per heavy atom. The van der Waals surface area contributed by atoms with Crippen molar-refractivity contribution >= 4 is 5.91 Å². The van der Waals surface area contributed by atoms with Crippen LogP contribution in [0.1, 0.15) is 367 Å². The van der Waals surface area contributed by atoms with Gasteiger partial charge in [-0.2, -0.15) is 0 Å². The molecule has 432 valence electrons. The molecule has 0 spiro atoms. The van der Waals surface area contributed by atoms with E-state index in [0.29, 0.717) is 6.42 Å². The van der Waals surface area contributed by atoms with Crippen molar-refractivity contribution in [3.8, 4) is 0 Å². The van der Waals surface area contributed by atoms with Gasteiger partial charge in [-0.05, 0) is 51.4 Å². The Morgan fingerprint density at radius 1 is 0.356 bits per heavy atom. The van der Waals surface area contributed by atoms with Gasteiger partial charge in [0.15, 0.2) is 0 Å². The maximum absolute atomic E-state index is 12.6. The molecule has 0 bridgehead atoms. The van der Waals surface area contributed by atoms with E-state index in [4.69, 9.17) is 0 Å². The van der Waals surface area contributed by atoms with Crippen molar-refractivity contribution in [1.82, 2.24) is 5.32 Å². The van der Waals surface area contributed by atoms with Gasteiger partial charge in [-0.25, -0.2) is 0 Å². The van der Waals surface area contributed by atoms with Crippen LogP contribution in [0.25, 0.3) is 0 Å². The Hall–Kier alpha value is -1.43. The number of hydrogen-bond donors (Lipinski definition) is 4. The zero-order valence-electron chi connectivity index (χ0n) is 49.5. The first-order valence-electron chi connectivity index (χ1n) is 33.3. The Bertz CT molecular complexity index is 1130. The lowest BCUT2D eigenvalue weighted by Crippen LogP contribution is -2.45. The molecule has 5 nitrogen and oxygen atoms in total. The highest BCUT2D eigenvalue weighted by Gasteiger charge is 2.20. The van der Waals surface area contributed by atoms with Crippen molar-refractivity contribution in [2.45, 2.75) is 385 Å². The summed E-state index contributed by atoms with van der Waals surface area (Å²) in [4.78, 5) is 12.6. The molecule has 0 heterocycles. The summed E-state index contributed by atoms with van der Waals surface area (Å²) in [5.41, 5.74) is 0. The maximum atomic E-state index is 12.6. The van der Waals surface area contributed by atoms with E-state index in [1.54, 1.807) is 6.08 Å². The zero-order chi connectivity index (χ0) is 52.9. The minimum Gasteiger partial charge on any atom is -0.394 e. The van der Waals surface area contributed by atoms with Crippen LogP contribution in [-0.4, -0.2) is 46.1 Å². The van der Waals surface area contributed by atoms with Crippen LogP contribution in [0.4, 0.5) is 0 Å². The molecule has 3 atom stereocenters. The van der Waals surface area contributed by atoms with Crippen LogP contribution >= 0.6 is 0 Å². The van der Waals surface area contributed by atoms with Crippen molar-refractivity contribution in [1.29, 1.82) is 0 Å². The largest absolute Gasteiger partial charge is 0.394 e. The lowest BCUT2D eigenvalue weighted by Gasteiger charge is -2.21. The first-order chi connectivity index (χ1) is 36.0. The average molecular weight is 1030 g/mol. The molecule has 0 fully saturated rings. The summed E-state index contributed by atoms with van der Waals surface area (Å²) in [6.07, 6.45) is 83.8. The summed E-state index contributed by atoms with van der Waals surface area (Å²) in [5, 5.41) is 33.6. The topological polar surface area (TPSA) is 89.8 Å². The molecule has 0 aliphatic heterocycles. The third-order valence-electron chi connectivity index (χ3n) is 15.7. The fraction of sp³-hybridized carbons (Fsp3) is 0.897. The SMILES string of the molecule is CCCCCCCCCCCCCCCCC/C=C\C/C=C\CCCCCCCCCCCCCCCCCC(O)CC(=O)NC(CO)C(O)/C=C/CCCCCCCCCCCCCCCCCCCCC. The molecule has 0 aliphatic carbocycles. The molecule has 3 unspecified atom stereocenters. The number of carbonyl (C=O) groups excluding carboxylic acids is 1. The number of carbonyl (C=O) groups is 1. The average Bonchev–Trinajstić information content (AvgIpc) is 3.39. The Morgan fingerprint density at radius 2 is 0.616 bits per heavy atom. The molecular formula is C68H131NO4. The van der Waals surface area contributed by atoms with Gasteiger partial charge < -0.3 is 20.6 Å². The van der Waals surface area contributed by atoms with Crippen molar-refractivity contribution in [2.24, 2.45) is 0 Å². The number of unbranched alkanes of at least 4 members (excludes halogenated alkanes) is 49. The molecule has 0 aliphatic rings. The highest BCUT2D eigenvalue weighted by molar-refractivity contribution is 5.76. The summed E-state index contributed by atoms with van der Waals surface area (Å²) >= 11 is 0. The number of rotatable bonds is 62. The van der Waals surface area contributed by atoms with Crippen molar-refractivity contribution in [3.63, 3.8) is 0 Å². The van der Waals surface area contributed by atoms with Crippen LogP contribution in [0.3, 0.4) is 0 Å². The van der Waals surface area contributed by atoms with E-state index in [2.05, 4.69) is 43.5 Å². The monoisotopic (exact) mass is 1030 g/mol. The maximum Gasteiger partial charge on any atom is 0.222 e. The van der Waals surface area contributed by atoms with Gasteiger partial charge >= 0.3 is 0 Å². The molecule has 0 saturated carbocycles. The number of nitrogens with one attached hydrogen (secondary N) is 1. The Labute approximate surface area is 457 Å². The minimum absolute atomic E-state index is 0.0156. The van der Waals surface area contributed by atoms with Gasteiger partial charge in [-0.1, -0.05) is 346 Å². The number of amides is 1. The minimum atomic E-state index is -0.930. The molecule has 73 heavy (non-hydrogen) atoms. The molecule has 0 aromatic carbocycles. The van der Waals surface area contributed by atoms with Crippen LogP contribution in [-0.2, 0) is 4.79 Å². The van der Waals surface area contributed by atoms with Crippen LogP contribution in [0.5, 0.6) is 0 Å². The summed E-state index contributed by atoms with van der Waals surface area (Å²) in [6, 6.07) is -0.745. The van der Waals surface area contributed by atoms with Crippen LogP contribution < -0.4 is 5.32 Å². The zero-order valence-corrected chi connectivity index (χ0v) is 49.5. The lowest BCUT2D eigenvalue weighted by atomic mass is 10.0. The first kappa shape index (κ1) is 71.6. The summed E-state index contributed by atoms with van der Waals surface area (Å²) in [7, 11) is 0. The van der Waals surface area contributed by atoms with E-state index in [0.717, 1.165) is 32.1 Å². The van der Waals surface area contributed by atoms with Gasteiger partial charge in [0.25, 0.3) is 0 Å². The smallest absolute Gasteiger partial charge is 0.222 e. The van der Waals surface area contributed by atoms with Crippen LogP contribution in [0.2, 0.25) is 0 Å². The van der Waals surface area contributed by atoms with Gasteiger partial charge in [0, 0.05) is 0 Å². The second kappa shape index (κ2) is 63.1. The Balaban J connectivity index is 3.50. The predicted molar refractivity (Wildman–Crippen MR) is 324 cm³/mol. The second-order valence-corrected chi connectivity index (χ2v) is 23.1. The van der Waals surface area contributed by atoms with E-state index in [9.17, 15) is 20.1 Å². The van der Waals surface area contributed by atoms with E-state index in [-0.39, 0.29) is 18.9 Å². The van der Waals surface area contributed by atoms with Crippen LogP contribution in [0.15, 0.2) is 36.5 Å². The molecule has 0 saturated heterocycles. The van der Waals surface area contributed by atoms with Gasteiger partial charge in [0.2, 0.25) is 5.91 Å². The molecule has 4 N–H and O–H groups in total. The molecule has 0 aromatic rings. The van der Waals surface area contributed by atoms with E-state index in [1.807, 2.05) is 6.08 Å². The molecule has 1 amide bonds. The standard InChI is InChI=1S/C68H131NO4/c1-3-5-7-9-11-13-15-17-19-21-23-25-26-27-28-29-30-31-32-33-34-35-36-37-38-39-40-42-43-45-47-49-51-53-55-57-59-61-65(71)63-68(73)69-66(64-70)67(72)62-60-58-56-54-52-50-48-46-44-41-24-22-20-18-16-14-12-10-8-6-4-2/h30-31,33-34,60,62,65-67,70-72H,3-29,32,35-59,61,63-64H2,1-2H3,(H,69,73)/b31-30-,34-33-,62-60+. The predicted octanol–water partition coefficient (Wildman–Crippen LogP) is 21.3. The fourth-order valence-electron chi connectivity index (χ4n) is 10.6. The van der Waals surface area contributed by atoms with Crippen molar-refractivity contribution in [2.75, 3.05) is 6.61 Å². The van der Waals surface area contributed by atoms with Crippen molar-refractivity contribution in [3.05, 3.63) is 36.5 Å². The molecule has 0 rings (SSSR count). The number of hydrogen-bond acceptors (Lipinski definition) is 4. The normalized spacial score (nSPS) is 13.3. The summed E-state index contributed by atoms with van der Waals surface area (Å²) in [5.74, 6) is -0.310. The van der Waals surface area contributed by atoms with Gasteiger partial charge in [0.05, 0.1) is 31.3 Å². The fourth-order valence-corrected chi connectivity index (χ4v) is 10.6. The van der Waals surface area contributed by atoms with Crippen LogP contribution in [0, 0.1) is 0 Å². The van der Waals surface area contributed by atoms with Crippen molar-refractivity contribution < 1.29 is 20.1 Å². The first-order valence-corrected chi connectivity index (χ1v) is 33.3. The van der Waals surface area contributed by atoms with Gasteiger partial charge in [0.1, 0.15) is 0 Å². The van der Waals surface area contributed by atoms with Gasteiger partial charge in [-0.3, -0.25) is 4.79 Å².